The molecule has 5 nitrogen and oxygen atoms in total. The monoisotopic (exact) mass is 370 g/mol. The minimum atomic E-state index is -0.775. The number of ether oxygens (including phenoxy) is 1. The summed E-state index contributed by atoms with van der Waals surface area (Å²) < 4.78 is 7.12. The highest BCUT2D eigenvalue weighted by atomic mass is 32.1. The Labute approximate surface area is 155 Å². The highest BCUT2D eigenvalue weighted by Crippen LogP contribution is 2.33. The van der Waals surface area contributed by atoms with Crippen LogP contribution in [0.25, 0.3) is 10.2 Å². The lowest BCUT2D eigenvalue weighted by Gasteiger charge is -2.14. The number of benzene rings is 1. The molecule has 1 atom stereocenters. The summed E-state index contributed by atoms with van der Waals surface area (Å²) in [5.41, 5.74) is 2.28. The molecule has 0 unspecified atom stereocenters. The molecule has 4 rings (SSSR count). The first-order chi connectivity index (χ1) is 12.6. The molecule has 1 N–H and O–H groups in total. The number of nitrogens with zero attached hydrogens (tertiary/aromatic N) is 2. The van der Waals surface area contributed by atoms with Crippen molar-refractivity contribution in [1.29, 1.82) is 0 Å². The summed E-state index contributed by atoms with van der Waals surface area (Å²) in [5.74, 6) is 0.711. The molecule has 1 aliphatic carbocycles. The molecular weight excluding hydrogens is 348 g/mol. The van der Waals surface area contributed by atoms with Crippen LogP contribution < -0.4 is 10.3 Å². The largest absolute Gasteiger partial charge is 0.491 e. The molecule has 2 aromatic heterocycles. The fraction of sp³-hybridized carbons (Fsp3) is 0.400. The first-order valence-electron chi connectivity index (χ1n) is 8.99. The van der Waals surface area contributed by atoms with Gasteiger partial charge in [0.15, 0.2) is 0 Å². The number of rotatable bonds is 5. The molecule has 0 amide bonds. The molecular formula is C20H22N2O3S. The summed E-state index contributed by atoms with van der Waals surface area (Å²) in [4.78, 5) is 19.5. The van der Waals surface area contributed by atoms with Crippen LogP contribution in [0.1, 0.15) is 28.8 Å². The van der Waals surface area contributed by atoms with Gasteiger partial charge in [-0.3, -0.25) is 9.36 Å². The zero-order chi connectivity index (χ0) is 18.1. The second-order valence-electron chi connectivity index (χ2n) is 6.87. The van der Waals surface area contributed by atoms with E-state index in [9.17, 15) is 9.90 Å². The maximum absolute atomic E-state index is 12.9. The van der Waals surface area contributed by atoms with Gasteiger partial charge in [0, 0.05) is 4.88 Å². The van der Waals surface area contributed by atoms with Crippen LogP contribution in [0, 0.1) is 6.92 Å². The number of fused-ring (bicyclic) bond motifs is 3. The van der Waals surface area contributed by atoms with Crippen LogP contribution in [-0.4, -0.2) is 27.4 Å². The number of aliphatic hydroxyl groups is 1. The van der Waals surface area contributed by atoms with Gasteiger partial charge in [-0.25, -0.2) is 4.98 Å². The smallest absolute Gasteiger partial charge is 0.262 e. The standard InChI is InChI=1S/C20H22N2O3S/c1-13-6-8-15(9-7-13)25-11-14(23)10-22-12-21-19-18(20(22)24)16-4-2-3-5-17(16)26-19/h6-9,12,14,23H,2-5,10-11H2,1H3/t14-/m0/s1. The van der Waals surface area contributed by atoms with E-state index in [0.29, 0.717) is 5.75 Å². The Balaban J connectivity index is 1.50. The van der Waals surface area contributed by atoms with E-state index in [0.717, 1.165) is 35.0 Å². The van der Waals surface area contributed by atoms with Gasteiger partial charge in [-0.15, -0.1) is 11.3 Å². The third-order valence-corrected chi connectivity index (χ3v) is 6.01. The van der Waals surface area contributed by atoms with Crippen molar-refractivity contribution in [2.24, 2.45) is 0 Å². The van der Waals surface area contributed by atoms with Crippen molar-refractivity contribution in [2.45, 2.75) is 45.3 Å². The zero-order valence-corrected chi connectivity index (χ0v) is 15.6. The first-order valence-corrected chi connectivity index (χ1v) is 9.80. The Morgan fingerprint density at radius 2 is 2.04 bits per heavy atom. The predicted octanol–water partition coefficient (Wildman–Crippen LogP) is 3.09. The van der Waals surface area contributed by atoms with Gasteiger partial charge in [0.1, 0.15) is 23.3 Å². The summed E-state index contributed by atoms with van der Waals surface area (Å²) in [6.07, 6.45) is 5.08. The van der Waals surface area contributed by atoms with Crippen LogP contribution in [0.3, 0.4) is 0 Å². The summed E-state index contributed by atoms with van der Waals surface area (Å²) in [7, 11) is 0. The molecule has 136 valence electrons. The number of aromatic nitrogens is 2. The molecule has 0 spiro atoms. The van der Waals surface area contributed by atoms with E-state index in [4.69, 9.17) is 4.74 Å². The van der Waals surface area contributed by atoms with Gasteiger partial charge in [0.2, 0.25) is 0 Å². The van der Waals surface area contributed by atoms with Crippen molar-refractivity contribution in [1.82, 2.24) is 9.55 Å². The van der Waals surface area contributed by atoms with Crippen molar-refractivity contribution in [3.63, 3.8) is 0 Å². The van der Waals surface area contributed by atoms with Gasteiger partial charge in [-0.2, -0.15) is 0 Å². The Bertz CT molecular complexity index is 975. The van der Waals surface area contributed by atoms with Gasteiger partial charge < -0.3 is 9.84 Å². The third-order valence-electron chi connectivity index (χ3n) is 4.81. The summed E-state index contributed by atoms with van der Waals surface area (Å²) in [5, 5.41) is 11.0. The van der Waals surface area contributed by atoms with Crippen LogP contribution >= 0.6 is 11.3 Å². The number of hydrogen-bond donors (Lipinski definition) is 1. The van der Waals surface area contributed by atoms with Crippen molar-refractivity contribution in [3.05, 3.63) is 57.0 Å². The Morgan fingerprint density at radius 3 is 2.85 bits per heavy atom. The predicted molar refractivity (Wildman–Crippen MR) is 103 cm³/mol. The molecule has 0 fully saturated rings. The Hall–Kier alpha value is -2.18. The zero-order valence-electron chi connectivity index (χ0n) is 14.8. The molecule has 2 heterocycles. The molecule has 0 bridgehead atoms. The van der Waals surface area contributed by atoms with Crippen molar-refractivity contribution < 1.29 is 9.84 Å². The Morgan fingerprint density at radius 1 is 1.27 bits per heavy atom. The summed E-state index contributed by atoms with van der Waals surface area (Å²) >= 11 is 1.64. The molecule has 3 aromatic rings. The lowest BCUT2D eigenvalue weighted by atomic mass is 9.97. The maximum atomic E-state index is 12.9. The lowest BCUT2D eigenvalue weighted by molar-refractivity contribution is 0.0915. The summed E-state index contributed by atoms with van der Waals surface area (Å²) in [6, 6.07) is 7.67. The van der Waals surface area contributed by atoms with Gasteiger partial charge in [0.05, 0.1) is 18.3 Å². The minimum absolute atomic E-state index is 0.0521. The first kappa shape index (κ1) is 17.2. The van der Waals surface area contributed by atoms with E-state index in [1.807, 2.05) is 31.2 Å². The minimum Gasteiger partial charge on any atom is -0.491 e. The average Bonchev–Trinajstić information content (AvgIpc) is 3.03. The van der Waals surface area contributed by atoms with Gasteiger partial charge >= 0.3 is 0 Å². The van der Waals surface area contributed by atoms with Gasteiger partial charge in [0.25, 0.3) is 5.56 Å². The van der Waals surface area contributed by atoms with Crippen molar-refractivity contribution >= 4 is 21.6 Å². The van der Waals surface area contributed by atoms with E-state index in [1.165, 1.54) is 21.4 Å². The lowest BCUT2D eigenvalue weighted by Crippen LogP contribution is -2.30. The van der Waals surface area contributed by atoms with Gasteiger partial charge in [-0.05, 0) is 50.3 Å². The Kier molecular flexibility index (Phi) is 4.78. The molecule has 1 aromatic carbocycles. The van der Waals surface area contributed by atoms with Crippen LogP contribution in [0.5, 0.6) is 5.75 Å². The van der Waals surface area contributed by atoms with Crippen molar-refractivity contribution in [3.8, 4) is 5.75 Å². The molecule has 6 heteroatoms. The molecule has 0 radical (unpaired) electrons. The van der Waals surface area contributed by atoms with Crippen LogP contribution in [0.15, 0.2) is 35.4 Å². The van der Waals surface area contributed by atoms with Crippen LogP contribution in [-0.2, 0) is 19.4 Å². The molecule has 26 heavy (non-hydrogen) atoms. The topological polar surface area (TPSA) is 64.3 Å². The molecule has 0 saturated heterocycles. The number of aryl methyl sites for hydroxylation is 3. The third kappa shape index (κ3) is 3.39. The number of thiophene rings is 1. The van der Waals surface area contributed by atoms with E-state index in [2.05, 4.69) is 4.98 Å². The SMILES string of the molecule is Cc1ccc(OC[C@@H](O)Cn2cnc3sc4c(c3c2=O)CCCC4)cc1. The van der Waals surface area contributed by atoms with Crippen LogP contribution in [0.4, 0.5) is 0 Å². The number of aliphatic hydroxyl groups excluding tert-OH is 1. The van der Waals surface area contributed by atoms with E-state index in [1.54, 1.807) is 17.7 Å². The summed E-state index contributed by atoms with van der Waals surface area (Å²) in [6.45, 7) is 2.32. The quantitative estimate of drug-likeness (QED) is 0.750. The molecule has 1 aliphatic rings. The van der Waals surface area contributed by atoms with E-state index in [-0.39, 0.29) is 18.7 Å². The fourth-order valence-corrected chi connectivity index (χ4v) is 4.64. The highest BCUT2D eigenvalue weighted by molar-refractivity contribution is 7.18. The average molecular weight is 370 g/mol. The molecule has 0 saturated carbocycles. The normalized spacial score (nSPS) is 15.0. The van der Waals surface area contributed by atoms with Crippen molar-refractivity contribution in [2.75, 3.05) is 6.61 Å². The maximum Gasteiger partial charge on any atom is 0.262 e. The van der Waals surface area contributed by atoms with Gasteiger partial charge in [-0.1, -0.05) is 17.7 Å². The number of hydrogen-bond acceptors (Lipinski definition) is 5. The van der Waals surface area contributed by atoms with E-state index >= 15 is 0 Å². The fourth-order valence-electron chi connectivity index (χ4n) is 3.42. The van der Waals surface area contributed by atoms with Crippen LogP contribution in [0.2, 0.25) is 0 Å². The second kappa shape index (κ2) is 7.21. The van der Waals surface area contributed by atoms with E-state index < -0.39 is 6.10 Å². The highest BCUT2D eigenvalue weighted by Gasteiger charge is 2.20. The second-order valence-corrected chi connectivity index (χ2v) is 7.95. The molecule has 0 aliphatic heterocycles.